The van der Waals surface area contributed by atoms with Gasteiger partial charge in [-0.3, -0.25) is 9.59 Å². The summed E-state index contributed by atoms with van der Waals surface area (Å²) in [5.74, 6) is -3.03. The Bertz CT molecular complexity index is 1080. The molecular weight excluding hydrogens is 454 g/mol. The molecule has 8 heteroatoms. The van der Waals surface area contributed by atoms with Crippen LogP contribution in [-0.2, 0) is 9.59 Å². The number of hydrogen-bond acceptors (Lipinski definition) is 3. The smallest absolute Gasteiger partial charge is 0.246 e. The quantitative estimate of drug-likeness (QED) is 0.480. The Labute approximate surface area is 194 Å². The second-order valence-electron chi connectivity index (χ2n) is 6.94. The van der Waals surface area contributed by atoms with Crippen LogP contribution in [0.25, 0.3) is 0 Å². The molecule has 2 unspecified atom stereocenters. The first-order chi connectivity index (χ1) is 15.4. The molecule has 2 amide bonds. The molecule has 0 aliphatic heterocycles. The van der Waals surface area contributed by atoms with Gasteiger partial charge in [-0.25, -0.2) is 8.78 Å². The van der Waals surface area contributed by atoms with Crippen molar-refractivity contribution in [3.8, 4) is 0 Å². The van der Waals surface area contributed by atoms with E-state index in [2.05, 4.69) is 10.6 Å². The van der Waals surface area contributed by atoms with Crippen molar-refractivity contribution in [2.45, 2.75) is 11.3 Å². The van der Waals surface area contributed by atoms with Gasteiger partial charge in [0.2, 0.25) is 11.8 Å². The van der Waals surface area contributed by atoms with E-state index in [0.717, 1.165) is 23.3 Å². The zero-order valence-corrected chi connectivity index (χ0v) is 18.7. The molecule has 4 nitrogen and oxygen atoms in total. The van der Waals surface area contributed by atoms with Crippen LogP contribution in [0.3, 0.4) is 0 Å². The summed E-state index contributed by atoms with van der Waals surface area (Å²) >= 11 is 7.39. The number of nitrogens with one attached hydrogen (secondary N) is 2. The van der Waals surface area contributed by atoms with Crippen molar-refractivity contribution in [2.75, 3.05) is 12.8 Å². The largest absolute Gasteiger partial charge is 0.357 e. The van der Waals surface area contributed by atoms with E-state index in [9.17, 15) is 18.4 Å². The van der Waals surface area contributed by atoms with Crippen LogP contribution in [0, 0.1) is 11.6 Å². The zero-order valence-electron chi connectivity index (χ0n) is 17.1. The van der Waals surface area contributed by atoms with E-state index < -0.39 is 29.5 Å². The van der Waals surface area contributed by atoms with E-state index >= 15 is 0 Å². The lowest BCUT2D eigenvalue weighted by Crippen LogP contribution is -2.40. The molecule has 3 aromatic rings. The Morgan fingerprint density at radius 1 is 0.906 bits per heavy atom. The molecule has 0 aliphatic carbocycles. The Kier molecular flexibility index (Phi) is 8.25. The Balaban J connectivity index is 1.76. The second kappa shape index (κ2) is 11.1. The maximum Gasteiger partial charge on any atom is 0.246 e. The number of thioether (sulfide) groups is 1. The minimum Gasteiger partial charge on any atom is -0.357 e. The fourth-order valence-corrected chi connectivity index (χ4v) is 4.38. The maximum absolute atomic E-state index is 13.7. The summed E-state index contributed by atoms with van der Waals surface area (Å²) in [6.45, 7) is 0. The average Bonchev–Trinajstić information content (AvgIpc) is 2.81. The topological polar surface area (TPSA) is 58.2 Å². The Morgan fingerprint density at radius 2 is 1.53 bits per heavy atom. The zero-order chi connectivity index (χ0) is 23.1. The van der Waals surface area contributed by atoms with Gasteiger partial charge in [-0.2, -0.15) is 0 Å². The first-order valence-corrected chi connectivity index (χ1v) is 11.2. The molecule has 0 aliphatic rings. The molecule has 0 saturated carbocycles. The van der Waals surface area contributed by atoms with E-state index in [1.807, 2.05) is 42.5 Å². The van der Waals surface area contributed by atoms with Gasteiger partial charge in [0.15, 0.2) is 11.6 Å². The number of halogens is 3. The summed E-state index contributed by atoms with van der Waals surface area (Å²) in [7, 11) is 1.40. The van der Waals surface area contributed by atoms with Crippen LogP contribution < -0.4 is 10.6 Å². The monoisotopic (exact) mass is 474 g/mol. The third-order valence-electron chi connectivity index (χ3n) is 4.75. The molecule has 3 aromatic carbocycles. The van der Waals surface area contributed by atoms with Crippen molar-refractivity contribution >= 4 is 35.2 Å². The highest BCUT2D eigenvalue weighted by Gasteiger charge is 2.24. The normalized spacial score (nSPS) is 12.6. The van der Waals surface area contributed by atoms with Crippen LogP contribution in [0.15, 0.2) is 72.8 Å². The lowest BCUT2D eigenvalue weighted by atomic mass is 10.0. The van der Waals surface area contributed by atoms with Crippen LogP contribution in [0.5, 0.6) is 0 Å². The van der Waals surface area contributed by atoms with Gasteiger partial charge in [-0.1, -0.05) is 60.1 Å². The van der Waals surface area contributed by atoms with Gasteiger partial charge in [0.25, 0.3) is 0 Å². The van der Waals surface area contributed by atoms with Gasteiger partial charge in [0.1, 0.15) is 6.04 Å². The highest BCUT2D eigenvalue weighted by Crippen LogP contribution is 2.36. The highest BCUT2D eigenvalue weighted by atomic mass is 35.5. The molecule has 0 radical (unpaired) electrons. The third-order valence-corrected chi connectivity index (χ3v) is 6.31. The molecule has 0 aromatic heterocycles. The first-order valence-electron chi connectivity index (χ1n) is 9.77. The minimum absolute atomic E-state index is 0.0410. The van der Waals surface area contributed by atoms with E-state index in [0.29, 0.717) is 5.02 Å². The number of rotatable bonds is 8. The summed E-state index contributed by atoms with van der Waals surface area (Å²) in [6, 6.07) is 19.0. The number of carbonyl (C=O) groups excluding carboxylic acids is 2. The highest BCUT2D eigenvalue weighted by molar-refractivity contribution is 8.00. The molecule has 0 spiro atoms. The molecule has 32 heavy (non-hydrogen) atoms. The fraction of sp³-hybridized carbons (Fsp3) is 0.167. The van der Waals surface area contributed by atoms with Crippen molar-refractivity contribution in [1.82, 2.24) is 10.6 Å². The number of likely N-dealkylation sites (N-methyl/N-ethyl adjacent to an activating group) is 1. The third kappa shape index (κ3) is 6.08. The molecule has 0 bridgehead atoms. The molecular formula is C24H21ClF2N2O2S. The summed E-state index contributed by atoms with van der Waals surface area (Å²) in [5.41, 5.74) is 2.14. The predicted octanol–water partition coefficient (Wildman–Crippen LogP) is 5.04. The SMILES string of the molecule is CNC(=O)C(NC(=O)CSC(c1ccccc1)c1ccc(Cl)cc1)c1ccc(F)c(F)c1. The van der Waals surface area contributed by atoms with Gasteiger partial charge < -0.3 is 10.6 Å². The molecule has 0 fully saturated rings. The van der Waals surface area contributed by atoms with Gasteiger partial charge in [-0.05, 0) is 41.0 Å². The van der Waals surface area contributed by atoms with Crippen LogP contribution in [0.4, 0.5) is 8.78 Å². The van der Waals surface area contributed by atoms with Crippen molar-refractivity contribution in [1.29, 1.82) is 0 Å². The van der Waals surface area contributed by atoms with E-state index in [-0.39, 0.29) is 16.6 Å². The molecule has 0 heterocycles. The van der Waals surface area contributed by atoms with Gasteiger partial charge in [0.05, 0.1) is 11.0 Å². The van der Waals surface area contributed by atoms with Crippen molar-refractivity contribution in [3.63, 3.8) is 0 Å². The predicted molar refractivity (Wildman–Crippen MR) is 124 cm³/mol. The summed E-state index contributed by atoms with van der Waals surface area (Å²) in [5, 5.41) is 5.53. The number of amides is 2. The number of carbonyl (C=O) groups is 2. The molecule has 0 saturated heterocycles. The summed E-state index contributed by atoms with van der Waals surface area (Å²) in [4.78, 5) is 25.0. The average molecular weight is 475 g/mol. The molecule has 166 valence electrons. The van der Waals surface area contributed by atoms with Crippen LogP contribution in [0.1, 0.15) is 28.0 Å². The first kappa shape index (κ1) is 23.8. The van der Waals surface area contributed by atoms with Gasteiger partial charge in [-0.15, -0.1) is 11.8 Å². The second-order valence-corrected chi connectivity index (χ2v) is 8.47. The van der Waals surface area contributed by atoms with Crippen LogP contribution in [0.2, 0.25) is 5.02 Å². The molecule has 2 N–H and O–H groups in total. The van der Waals surface area contributed by atoms with Crippen LogP contribution in [-0.4, -0.2) is 24.6 Å². The summed E-state index contributed by atoms with van der Waals surface area (Å²) < 4.78 is 27.0. The Morgan fingerprint density at radius 3 is 2.16 bits per heavy atom. The van der Waals surface area contributed by atoms with Crippen LogP contribution >= 0.6 is 23.4 Å². The molecule has 3 rings (SSSR count). The lowest BCUT2D eigenvalue weighted by Gasteiger charge is -2.20. The lowest BCUT2D eigenvalue weighted by molar-refractivity contribution is -0.127. The van der Waals surface area contributed by atoms with Gasteiger partial charge in [0, 0.05) is 12.1 Å². The number of benzene rings is 3. The van der Waals surface area contributed by atoms with Crippen molar-refractivity contribution in [2.24, 2.45) is 0 Å². The number of hydrogen-bond donors (Lipinski definition) is 2. The maximum atomic E-state index is 13.7. The van der Waals surface area contributed by atoms with Crippen molar-refractivity contribution < 1.29 is 18.4 Å². The fourth-order valence-electron chi connectivity index (χ4n) is 3.15. The van der Waals surface area contributed by atoms with Gasteiger partial charge >= 0.3 is 0 Å². The van der Waals surface area contributed by atoms with E-state index in [4.69, 9.17) is 11.6 Å². The standard InChI is InChI=1S/C24H21ClF2N2O2S/c1-28-24(31)22(17-9-12-19(26)20(27)13-17)29-21(30)14-32-23(15-5-3-2-4-6-15)16-7-10-18(25)11-8-16/h2-13,22-23H,14H2,1H3,(H,28,31)(H,29,30). The minimum atomic E-state index is -1.14. The summed E-state index contributed by atoms with van der Waals surface area (Å²) in [6.07, 6.45) is 0. The van der Waals surface area contributed by atoms with Crippen molar-refractivity contribution in [3.05, 3.63) is 106 Å². The Hall–Kier alpha value is -2.90. The van der Waals surface area contributed by atoms with E-state index in [1.165, 1.54) is 24.9 Å². The molecule has 2 atom stereocenters. The van der Waals surface area contributed by atoms with E-state index in [1.54, 1.807) is 12.1 Å².